The van der Waals surface area contributed by atoms with Gasteiger partial charge in [-0.1, -0.05) is 32.6 Å². The summed E-state index contributed by atoms with van der Waals surface area (Å²) >= 11 is 0. The monoisotopic (exact) mass is 376 g/mol. The highest BCUT2D eigenvalue weighted by atomic mass is 15.6. The molecule has 1 atom stereocenters. The zero-order chi connectivity index (χ0) is 18.5. The predicted molar refractivity (Wildman–Crippen MR) is 106 cm³/mol. The fourth-order valence-electron chi connectivity index (χ4n) is 5.92. The van der Waals surface area contributed by atoms with Crippen LogP contribution >= 0.6 is 0 Å². The van der Waals surface area contributed by atoms with E-state index in [-0.39, 0.29) is 0 Å². The smallest absolute Gasteiger partial charge is 0.209 e. The second kappa shape index (κ2) is 9.46. The molecule has 152 valence electrons. The van der Waals surface area contributed by atoms with Gasteiger partial charge < -0.3 is 9.80 Å². The molecule has 0 spiro atoms. The Labute approximate surface area is 164 Å². The van der Waals surface area contributed by atoms with E-state index in [1.807, 2.05) is 4.90 Å². The van der Waals surface area contributed by atoms with Crippen LogP contribution in [-0.2, 0) is 0 Å². The molecule has 27 heavy (non-hydrogen) atoms. The van der Waals surface area contributed by atoms with Crippen LogP contribution in [0.1, 0.15) is 102 Å². The summed E-state index contributed by atoms with van der Waals surface area (Å²) in [4.78, 5) is 3.63. The first-order valence-electron chi connectivity index (χ1n) is 11.8. The lowest BCUT2D eigenvalue weighted by Gasteiger charge is -2.37. The van der Waals surface area contributed by atoms with Crippen molar-refractivity contribution in [1.82, 2.24) is 20.2 Å². The van der Waals surface area contributed by atoms with Crippen molar-refractivity contribution in [2.24, 2.45) is 0 Å². The molecule has 1 aromatic heterocycles. The Bertz CT molecular complexity index is 553. The molecule has 6 heteroatoms. The SMILES string of the molecule is CCCC[C@@H](c1nnnn1C1CCCCC1)[NH+]1CC[NH+](C2CCCC2)CC1. The zero-order valence-electron chi connectivity index (χ0n) is 17.3. The van der Waals surface area contributed by atoms with Gasteiger partial charge in [-0.05, 0) is 55.4 Å². The maximum Gasteiger partial charge on any atom is 0.209 e. The second-order valence-corrected chi connectivity index (χ2v) is 9.27. The van der Waals surface area contributed by atoms with Gasteiger partial charge in [0.25, 0.3) is 0 Å². The van der Waals surface area contributed by atoms with Crippen molar-refractivity contribution in [1.29, 1.82) is 0 Å². The number of quaternary nitrogens is 2. The molecule has 2 saturated carbocycles. The van der Waals surface area contributed by atoms with Crippen molar-refractivity contribution in [3.63, 3.8) is 0 Å². The molecule has 0 radical (unpaired) electrons. The molecule has 3 aliphatic rings. The summed E-state index contributed by atoms with van der Waals surface area (Å²) < 4.78 is 2.24. The second-order valence-electron chi connectivity index (χ2n) is 9.27. The first kappa shape index (κ1) is 19.3. The average molecular weight is 377 g/mol. The van der Waals surface area contributed by atoms with Gasteiger partial charge in [0.05, 0.1) is 12.1 Å². The Morgan fingerprint density at radius 3 is 2.37 bits per heavy atom. The maximum absolute atomic E-state index is 4.59. The number of hydrogen-bond acceptors (Lipinski definition) is 3. The minimum Gasteiger partial charge on any atom is -0.323 e. The molecule has 2 aliphatic carbocycles. The molecule has 6 nitrogen and oxygen atoms in total. The van der Waals surface area contributed by atoms with E-state index in [1.165, 1.54) is 109 Å². The number of unbranched alkanes of at least 4 members (excludes halogenated alkanes) is 1. The van der Waals surface area contributed by atoms with Crippen molar-refractivity contribution in [2.75, 3.05) is 26.2 Å². The molecule has 0 bridgehead atoms. The van der Waals surface area contributed by atoms with Crippen LogP contribution in [0.25, 0.3) is 0 Å². The van der Waals surface area contributed by atoms with E-state index in [0.29, 0.717) is 12.1 Å². The highest BCUT2D eigenvalue weighted by molar-refractivity contribution is 4.91. The Hall–Kier alpha value is -1.01. The summed E-state index contributed by atoms with van der Waals surface area (Å²) in [5.41, 5.74) is 0. The van der Waals surface area contributed by atoms with Crippen molar-refractivity contribution < 1.29 is 9.80 Å². The standard InChI is InChI=1S/C21H38N6/c1-2-3-13-20(21-22-23-24-27(21)19-11-5-4-6-12-19)26-16-14-25(15-17-26)18-9-7-8-10-18/h18-20H,2-17H2,1H3/p+2/t20-/m0/s1. The van der Waals surface area contributed by atoms with Crippen molar-refractivity contribution in [3.8, 4) is 0 Å². The van der Waals surface area contributed by atoms with Gasteiger partial charge in [0.1, 0.15) is 32.2 Å². The van der Waals surface area contributed by atoms with E-state index in [2.05, 4.69) is 27.1 Å². The Morgan fingerprint density at radius 2 is 1.67 bits per heavy atom. The quantitative estimate of drug-likeness (QED) is 0.750. The molecule has 2 heterocycles. The van der Waals surface area contributed by atoms with Crippen LogP contribution in [0.4, 0.5) is 0 Å². The van der Waals surface area contributed by atoms with Gasteiger partial charge in [0.2, 0.25) is 5.82 Å². The molecule has 0 aromatic carbocycles. The summed E-state index contributed by atoms with van der Waals surface area (Å²) in [6.45, 7) is 7.56. The number of hydrogen-bond donors (Lipinski definition) is 2. The Morgan fingerprint density at radius 1 is 0.963 bits per heavy atom. The molecule has 0 amide bonds. The van der Waals surface area contributed by atoms with Gasteiger partial charge in [0.15, 0.2) is 0 Å². The predicted octanol–water partition coefficient (Wildman–Crippen LogP) is 1.14. The van der Waals surface area contributed by atoms with Crippen LogP contribution in [0, 0.1) is 0 Å². The van der Waals surface area contributed by atoms with Crippen LogP contribution in [0.15, 0.2) is 0 Å². The van der Waals surface area contributed by atoms with Gasteiger partial charge in [-0.25, -0.2) is 4.68 Å². The van der Waals surface area contributed by atoms with Crippen LogP contribution in [0.5, 0.6) is 0 Å². The van der Waals surface area contributed by atoms with Gasteiger partial charge in [0, 0.05) is 6.42 Å². The van der Waals surface area contributed by atoms with Gasteiger partial charge in [-0.15, -0.1) is 5.10 Å². The summed E-state index contributed by atoms with van der Waals surface area (Å²) in [6.07, 6.45) is 16.2. The normalized spacial score (nSPS) is 29.2. The largest absolute Gasteiger partial charge is 0.323 e. The van der Waals surface area contributed by atoms with E-state index in [0.717, 1.165) is 6.04 Å². The first-order valence-corrected chi connectivity index (χ1v) is 11.8. The number of piperazine rings is 1. The fraction of sp³-hybridized carbons (Fsp3) is 0.952. The summed E-state index contributed by atoms with van der Waals surface area (Å²) in [7, 11) is 0. The van der Waals surface area contributed by atoms with Crippen LogP contribution in [0.2, 0.25) is 0 Å². The van der Waals surface area contributed by atoms with E-state index >= 15 is 0 Å². The Balaban J connectivity index is 1.45. The van der Waals surface area contributed by atoms with E-state index in [1.54, 1.807) is 4.90 Å². The van der Waals surface area contributed by atoms with Crippen LogP contribution < -0.4 is 9.80 Å². The minimum absolute atomic E-state index is 0.493. The minimum atomic E-state index is 0.493. The van der Waals surface area contributed by atoms with Gasteiger partial charge in [-0.3, -0.25) is 0 Å². The van der Waals surface area contributed by atoms with Gasteiger partial charge >= 0.3 is 0 Å². The van der Waals surface area contributed by atoms with Crippen LogP contribution in [0.3, 0.4) is 0 Å². The zero-order valence-corrected chi connectivity index (χ0v) is 17.3. The lowest BCUT2D eigenvalue weighted by atomic mass is 9.95. The average Bonchev–Trinajstić information content (AvgIpc) is 3.42. The highest BCUT2D eigenvalue weighted by Crippen LogP contribution is 2.29. The molecular weight excluding hydrogens is 336 g/mol. The number of tetrazole rings is 1. The van der Waals surface area contributed by atoms with Gasteiger partial charge in [-0.2, -0.15) is 0 Å². The number of nitrogens with one attached hydrogen (secondary N) is 2. The first-order chi connectivity index (χ1) is 13.4. The molecule has 1 aromatic rings. The molecule has 0 unspecified atom stereocenters. The third-order valence-corrected chi connectivity index (χ3v) is 7.56. The lowest BCUT2D eigenvalue weighted by Crippen LogP contribution is -3.29. The Kier molecular flexibility index (Phi) is 6.77. The topological polar surface area (TPSA) is 52.5 Å². The fourth-order valence-corrected chi connectivity index (χ4v) is 5.92. The van der Waals surface area contributed by atoms with Crippen LogP contribution in [-0.4, -0.2) is 52.4 Å². The summed E-state index contributed by atoms with van der Waals surface area (Å²) in [6, 6.07) is 1.98. The molecule has 3 fully saturated rings. The van der Waals surface area contributed by atoms with Crippen molar-refractivity contribution >= 4 is 0 Å². The number of aromatic nitrogens is 4. The lowest BCUT2D eigenvalue weighted by molar-refractivity contribution is -1.04. The molecule has 2 N–H and O–H groups in total. The van der Waals surface area contributed by atoms with E-state index in [4.69, 9.17) is 0 Å². The molecular formula is C21H40N6+2. The number of nitrogens with zero attached hydrogens (tertiary/aromatic N) is 4. The van der Waals surface area contributed by atoms with E-state index < -0.39 is 0 Å². The maximum atomic E-state index is 4.59. The molecule has 4 rings (SSSR count). The summed E-state index contributed by atoms with van der Waals surface area (Å²) in [5, 5.41) is 13.2. The van der Waals surface area contributed by atoms with Crippen molar-refractivity contribution in [2.45, 2.75) is 102 Å². The number of rotatable bonds is 7. The molecule has 1 aliphatic heterocycles. The van der Waals surface area contributed by atoms with E-state index in [9.17, 15) is 0 Å². The highest BCUT2D eigenvalue weighted by Gasteiger charge is 2.37. The molecule has 1 saturated heterocycles. The third-order valence-electron chi connectivity index (χ3n) is 7.56. The summed E-state index contributed by atoms with van der Waals surface area (Å²) in [5.74, 6) is 1.19. The van der Waals surface area contributed by atoms with Crippen molar-refractivity contribution in [3.05, 3.63) is 5.82 Å². The third kappa shape index (κ3) is 4.53.